The second-order valence-electron chi connectivity index (χ2n) is 4.15. The Balaban J connectivity index is 3.09. The number of carbonyl (C=O) groups excluding carboxylic acids is 1. The van der Waals surface area contributed by atoms with Crippen LogP contribution < -0.4 is 11.3 Å². The minimum atomic E-state index is -4.52. The molecule has 1 amide bonds. The lowest BCUT2D eigenvalue weighted by Crippen LogP contribution is -2.40. The number of carbonyl (C=O) groups is 1. The van der Waals surface area contributed by atoms with Crippen molar-refractivity contribution in [3.05, 3.63) is 29.6 Å². The van der Waals surface area contributed by atoms with Crippen molar-refractivity contribution in [1.29, 1.82) is 0 Å². The van der Waals surface area contributed by atoms with Gasteiger partial charge in [0.05, 0.1) is 11.3 Å². The van der Waals surface area contributed by atoms with E-state index in [1.165, 1.54) is 12.1 Å². The summed E-state index contributed by atoms with van der Waals surface area (Å²) in [5, 5.41) is 0. The molecule has 112 valence electrons. The maximum atomic E-state index is 13.5. The fourth-order valence-electron chi connectivity index (χ4n) is 1.76. The zero-order valence-electron chi connectivity index (χ0n) is 10.8. The highest BCUT2D eigenvalue weighted by molar-refractivity contribution is 5.99. The highest BCUT2D eigenvalue weighted by Gasteiger charge is 2.33. The first-order valence-electron chi connectivity index (χ1n) is 5.91. The molecule has 0 saturated heterocycles. The van der Waals surface area contributed by atoms with Gasteiger partial charge in [0.25, 0.3) is 5.91 Å². The molecule has 0 saturated carbocycles. The van der Waals surface area contributed by atoms with E-state index in [0.29, 0.717) is 11.3 Å². The van der Waals surface area contributed by atoms with Crippen LogP contribution in [0.4, 0.5) is 23.2 Å². The summed E-state index contributed by atoms with van der Waals surface area (Å²) in [4.78, 5) is 12.7. The van der Waals surface area contributed by atoms with E-state index in [9.17, 15) is 22.4 Å². The first-order valence-corrected chi connectivity index (χ1v) is 5.91. The molecule has 0 aliphatic heterocycles. The van der Waals surface area contributed by atoms with Gasteiger partial charge >= 0.3 is 6.18 Å². The topological polar surface area (TPSA) is 58.4 Å². The van der Waals surface area contributed by atoms with Gasteiger partial charge in [-0.2, -0.15) is 13.2 Å². The van der Waals surface area contributed by atoms with Crippen LogP contribution in [0.15, 0.2) is 18.2 Å². The Hall–Kier alpha value is -1.83. The van der Waals surface area contributed by atoms with Gasteiger partial charge in [0.1, 0.15) is 12.4 Å². The summed E-state index contributed by atoms with van der Waals surface area (Å²) >= 11 is 0. The average molecular weight is 293 g/mol. The number of para-hydroxylation sites is 1. The van der Waals surface area contributed by atoms with Gasteiger partial charge in [-0.3, -0.25) is 10.6 Å². The monoisotopic (exact) mass is 293 g/mol. The molecule has 1 aromatic carbocycles. The quantitative estimate of drug-likeness (QED) is 0.498. The molecule has 1 rings (SSSR count). The lowest BCUT2D eigenvalue weighted by atomic mass is 10.1. The molecule has 3 N–H and O–H groups in total. The molecular formula is C12H15F4N3O. The summed E-state index contributed by atoms with van der Waals surface area (Å²) in [5.41, 5.74) is 1.45. The van der Waals surface area contributed by atoms with Crippen LogP contribution in [0.3, 0.4) is 0 Å². The Bertz CT molecular complexity index is 476. The molecule has 0 aliphatic rings. The molecule has 0 aliphatic carbocycles. The minimum Gasteiger partial charge on any atom is -0.329 e. The molecule has 4 nitrogen and oxygen atoms in total. The van der Waals surface area contributed by atoms with Crippen LogP contribution in [0.25, 0.3) is 0 Å². The number of hydrogen-bond donors (Lipinski definition) is 2. The molecule has 0 unspecified atom stereocenters. The number of rotatable bonds is 5. The summed E-state index contributed by atoms with van der Waals surface area (Å²) in [6.07, 6.45) is -4.17. The van der Waals surface area contributed by atoms with Crippen molar-refractivity contribution in [1.82, 2.24) is 4.90 Å². The van der Waals surface area contributed by atoms with Crippen LogP contribution >= 0.6 is 0 Å². The Morgan fingerprint density at radius 3 is 2.55 bits per heavy atom. The van der Waals surface area contributed by atoms with Crippen LogP contribution in [0, 0.1) is 5.82 Å². The van der Waals surface area contributed by atoms with E-state index in [-0.39, 0.29) is 17.8 Å². The Morgan fingerprint density at radius 1 is 1.40 bits per heavy atom. The lowest BCUT2D eigenvalue weighted by molar-refractivity contribution is -0.140. The minimum absolute atomic E-state index is 0.0845. The zero-order valence-corrected chi connectivity index (χ0v) is 10.8. The van der Waals surface area contributed by atoms with Crippen molar-refractivity contribution in [2.24, 2.45) is 5.84 Å². The third kappa shape index (κ3) is 4.09. The average Bonchev–Trinajstić information content (AvgIpc) is 2.35. The predicted molar refractivity (Wildman–Crippen MR) is 66.5 cm³/mol. The van der Waals surface area contributed by atoms with Crippen molar-refractivity contribution >= 4 is 11.6 Å². The van der Waals surface area contributed by atoms with E-state index in [4.69, 9.17) is 5.84 Å². The molecule has 8 heteroatoms. The standard InChI is InChI=1S/C12H15F4N3O/c1-2-6-19(7-12(14,15)16)11(20)8-4-3-5-9(13)10(8)18-17/h3-5,18H,2,6-7,17H2,1H3. The van der Waals surface area contributed by atoms with Gasteiger partial charge in [-0.1, -0.05) is 13.0 Å². The van der Waals surface area contributed by atoms with Crippen LogP contribution in [0.5, 0.6) is 0 Å². The number of hydrogen-bond acceptors (Lipinski definition) is 3. The number of nitrogens with two attached hydrogens (primary N) is 1. The van der Waals surface area contributed by atoms with E-state index in [2.05, 4.69) is 0 Å². The molecule has 0 aromatic heterocycles. The van der Waals surface area contributed by atoms with Crippen LogP contribution in [0.1, 0.15) is 23.7 Å². The van der Waals surface area contributed by atoms with E-state index in [0.717, 1.165) is 6.07 Å². The van der Waals surface area contributed by atoms with Gasteiger partial charge in [-0.15, -0.1) is 0 Å². The van der Waals surface area contributed by atoms with Crippen molar-refractivity contribution in [3.63, 3.8) is 0 Å². The maximum absolute atomic E-state index is 13.5. The summed E-state index contributed by atoms with van der Waals surface area (Å²) < 4.78 is 50.8. The normalized spacial score (nSPS) is 11.3. The largest absolute Gasteiger partial charge is 0.406 e. The lowest BCUT2D eigenvalue weighted by Gasteiger charge is -2.24. The summed E-state index contributed by atoms with van der Waals surface area (Å²) in [7, 11) is 0. The van der Waals surface area contributed by atoms with E-state index in [1.807, 2.05) is 5.43 Å². The van der Waals surface area contributed by atoms with Gasteiger partial charge in [-0.05, 0) is 18.6 Å². The zero-order chi connectivity index (χ0) is 15.3. The van der Waals surface area contributed by atoms with Gasteiger partial charge in [0.15, 0.2) is 0 Å². The predicted octanol–water partition coefficient (Wildman–Crippen LogP) is 2.53. The second kappa shape index (κ2) is 6.56. The van der Waals surface area contributed by atoms with Crippen LogP contribution in [-0.2, 0) is 0 Å². The molecule has 0 bridgehead atoms. The molecule has 0 heterocycles. The molecule has 0 atom stereocenters. The second-order valence-corrected chi connectivity index (χ2v) is 4.15. The van der Waals surface area contributed by atoms with Crippen molar-refractivity contribution < 1.29 is 22.4 Å². The van der Waals surface area contributed by atoms with Crippen LogP contribution in [0.2, 0.25) is 0 Å². The SMILES string of the molecule is CCCN(CC(F)(F)F)C(=O)c1cccc(F)c1NN. The first kappa shape index (κ1) is 16.2. The van der Waals surface area contributed by atoms with Crippen LogP contribution in [-0.4, -0.2) is 30.1 Å². The summed E-state index contributed by atoms with van der Waals surface area (Å²) in [6.45, 7) is 0.170. The number of nitrogens with zero attached hydrogens (tertiary/aromatic N) is 1. The van der Waals surface area contributed by atoms with Gasteiger partial charge in [0, 0.05) is 6.54 Å². The molecule has 1 aromatic rings. The molecular weight excluding hydrogens is 278 g/mol. The number of anilines is 1. The highest BCUT2D eigenvalue weighted by atomic mass is 19.4. The van der Waals surface area contributed by atoms with Crippen molar-refractivity contribution in [2.75, 3.05) is 18.5 Å². The fourth-order valence-corrected chi connectivity index (χ4v) is 1.76. The van der Waals surface area contributed by atoms with E-state index in [1.54, 1.807) is 6.92 Å². The number of nitrogen functional groups attached to an aromatic ring is 1. The first-order chi connectivity index (χ1) is 9.30. The number of nitrogens with one attached hydrogen (secondary N) is 1. The third-order valence-corrected chi connectivity index (χ3v) is 2.54. The molecule has 0 radical (unpaired) electrons. The fraction of sp³-hybridized carbons (Fsp3) is 0.417. The van der Waals surface area contributed by atoms with Gasteiger partial charge in [0.2, 0.25) is 0 Å². The Labute approximate surface area is 113 Å². The molecule has 20 heavy (non-hydrogen) atoms. The van der Waals surface area contributed by atoms with E-state index < -0.39 is 24.4 Å². The number of halogens is 4. The molecule has 0 spiro atoms. The summed E-state index contributed by atoms with van der Waals surface area (Å²) in [6, 6.07) is 3.51. The molecule has 0 fully saturated rings. The maximum Gasteiger partial charge on any atom is 0.406 e. The van der Waals surface area contributed by atoms with Crippen molar-refractivity contribution in [2.45, 2.75) is 19.5 Å². The summed E-state index contributed by atoms with van der Waals surface area (Å²) in [5.74, 6) is 3.38. The number of alkyl halides is 3. The van der Waals surface area contributed by atoms with Gasteiger partial charge < -0.3 is 10.3 Å². The Kier molecular flexibility index (Phi) is 5.32. The van der Waals surface area contributed by atoms with E-state index >= 15 is 0 Å². The number of benzene rings is 1. The smallest absolute Gasteiger partial charge is 0.329 e. The van der Waals surface area contributed by atoms with Gasteiger partial charge in [-0.25, -0.2) is 4.39 Å². The van der Waals surface area contributed by atoms with Crippen molar-refractivity contribution in [3.8, 4) is 0 Å². The number of hydrazine groups is 1. The highest BCUT2D eigenvalue weighted by Crippen LogP contribution is 2.23. The number of amides is 1. The third-order valence-electron chi connectivity index (χ3n) is 2.54. The Morgan fingerprint density at radius 2 is 2.05 bits per heavy atom.